The minimum atomic E-state index is -0.577. The van der Waals surface area contributed by atoms with Crippen LogP contribution in [0.15, 0.2) is 42.5 Å². The van der Waals surface area contributed by atoms with E-state index >= 15 is 0 Å². The van der Waals surface area contributed by atoms with E-state index in [1.807, 2.05) is 0 Å². The molecular weight excluding hydrogens is 291 g/mol. The average Bonchev–Trinajstić information content (AvgIpc) is 2.48. The maximum Gasteiger partial charge on any atom is 0.258 e. The molecule has 0 aliphatic carbocycles. The Balaban J connectivity index is 2.24. The molecule has 0 atom stereocenters. The van der Waals surface area contributed by atoms with Gasteiger partial charge in [-0.05, 0) is 30.3 Å². The third-order valence-corrected chi connectivity index (χ3v) is 3.00. The van der Waals surface area contributed by atoms with Gasteiger partial charge in [-0.2, -0.15) is 0 Å². The Kier molecular flexibility index (Phi) is 4.94. The highest BCUT2D eigenvalue weighted by atomic mass is 35.5. The van der Waals surface area contributed by atoms with Crippen LogP contribution in [-0.2, 0) is 0 Å². The Morgan fingerprint density at radius 1 is 1.29 bits per heavy atom. The Morgan fingerprint density at radius 3 is 2.76 bits per heavy atom. The molecule has 3 nitrogen and oxygen atoms in total. The average molecular weight is 303 g/mol. The molecule has 0 fully saturated rings. The van der Waals surface area contributed by atoms with Crippen LogP contribution in [0.2, 0.25) is 5.02 Å². The first-order valence-electron chi connectivity index (χ1n) is 6.16. The van der Waals surface area contributed by atoms with Crippen molar-refractivity contribution in [3.63, 3.8) is 0 Å². The number of halogens is 2. The van der Waals surface area contributed by atoms with Gasteiger partial charge in [0, 0.05) is 11.3 Å². The molecule has 0 spiro atoms. The molecule has 0 bridgehead atoms. The van der Waals surface area contributed by atoms with Crippen LogP contribution in [0.25, 0.3) is 0 Å². The lowest BCUT2D eigenvalue weighted by molar-refractivity contribution is 0.102. The Hall–Kier alpha value is -2.35. The normalized spacial score (nSPS) is 9.67. The molecule has 2 aromatic rings. The second kappa shape index (κ2) is 6.89. The lowest BCUT2D eigenvalue weighted by Crippen LogP contribution is -2.13. The number of hydrogen-bond acceptors (Lipinski definition) is 2. The Bertz CT molecular complexity index is 735. The van der Waals surface area contributed by atoms with Crippen molar-refractivity contribution in [2.24, 2.45) is 5.73 Å². The molecule has 0 aliphatic rings. The minimum Gasteiger partial charge on any atom is -0.322 e. The SMILES string of the molecule is NCC#Cc1cc(NC(=O)c2ccccc2F)ccc1Cl. The monoisotopic (exact) mass is 302 g/mol. The summed E-state index contributed by atoms with van der Waals surface area (Å²) in [4.78, 5) is 12.0. The van der Waals surface area contributed by atoms with E-state index in [9.17, 15) is 9.18 Å². The molecule has 1 amide bonds. The summed E-state index contributed by atoms with van der Waals surface area (Å²) < 4.78 is 13.5. The summed E-state index contributed by atoms with van der Waals surface area (Å²) in [7, 11) is 0. The van der Waals surface area contributed by atoms with Crippen molar-refractivity contribution in [2.75, 3.05) is 11.9 Å². The number of anilines is 1. The van der Waals surface area contributed by atoms with Crippen LogP contribution in [0.5, 0.6) is 0 Å². The molecule has 0 heterocycles. The highest BCUT2D eigenvalue weighted by Gasteiger charge is 2.11. The molecule has 0 aliphatic heterocycles. The minimum absolute atomic E-state index is 0.0259. The summed E-state index contributed by atoms with van der Waals surface area (Å²) in [6.07, 6.45) is 0. The van der Waals surface area contributed by atoms with Crippen LogP contribution in [-0.4, -0.2) is 12.5 Å². The van der Waals surface area contributed by atoms with E-state index < -0.39 is 11.7 Å². The summed E-state index contributed by atoms with van der Waals surface area (Å²) in [6, 6.07) is 10.6. The third kappa shape index (κ3) is 3.82. The van der Waals surface area contributed by atoms with Gasteiger partial charge < -0.3 is 11.1 Å². The molecule has 0 unspecified atom stereocenters. The maximum atomic E-state index is 13.5. The molecule has 3 N–H and O–H groups in total. The van der Waals surface area contributed by atoms with Crippen LogP contribution >= 0.6 is 11.6 Å². The zero-order valence-corrected chi connectivity index (χ0v) is 11.7. The Labute approximate surface area is 126 Å². The van der Waals surface area contributed by atoms with E-state index in [1.165, 1.54) is 18.2 Å². The summed E-state index contributed by atoms with van der Waals surface area (Å²) in [6.45, 7) is 0.210. The van der Waals surface area contributed by atoms with Crippen LogP contribution in [0.4, 0.5) is 10.1 Å². The van der Waals surface area contributed by atoms with Crippen molar-refractivity contribution in [3.8, 4) is 11.8 Å². The summed E-state index contributed by atoms with van der Waals surface area (Å²) in [5, 5.41) is 3.06. The zero-order valence-electron chi connectivity index (χ0n) is 11.0. The van der Waals surface area contributed by atoms with Crippen LogP contribution in [0.1, 0.15) is 15.9 Å². The van der Waals surface area contributed by atoms with Gasteiger partial charge in [-0.15, -0.1) is 0 Å². The van der Waals surface area contributed by atoms with Gasteiger partial charge in [0.15, 0.2) is 0 Å². The first-order chi connectivity index (χ1) is 10.1. The highest BCUT2D eigenvalue weighted by Crippen LogP contribution is 2.20. The number of nitrogens with one attached hydrogen (secondary N) is 1. The van der Waals surface area contributed by atoms with E-state index in [0.717, 1.165) is 0 Å². The molecule has 0 radical (unpaired) electrons. The molecular formula is C16H12ClFN2O. The van der Waals surface area contributed by atoms with E-state index in [4.69, 9.17) is 17.3 Å². The smallest absolute Gasteiger partial charge is 0.258 e. The molecule has 0 saturated heterocycles. The van der Waals surface area contributed by atoms with Crippen molar-refractivity contribution in [3.05, 3.63) is 64.4 Å². The largest absolute Gasteiger partial charge is 0.322 e. The van der Waals surface area contributed by atoms with Gasteiger partial charge >= 0.3 is 0 Å². The summed E-state index contributed by atoms with van der Waals surface area (Å²) >= 11 is 5.99. The topological polar surface area (TPSA) is 55.1 Å². The van der Waals surface area contributed by atoms with Crippen LogP contribution in [0.3, 0.4) is 0 Å². The van der Waals surface area contributed by atoms with Gasteiger partial charge in [-0.3, -0.25) is 4.79 Å². The van der Waals surface area contributed by atoms with Crippen LogP contribution in [0, 0.1) is 17.7 Å². The van der Waals surface area contributed by atoms with E-state index in [1.54, 1.807) is 24.3 Å². The molecule has 2 aromatic carbocycles. The Morgan fingerprint density at radius 2 is 2.05 bits per heavy atom. The fourth-order valence-electron chi connectivity index (χ4n) is 1.69. The fourth-order valence-corrected chi connectivity index (χ4v) is 1.85. The lowest BCUT2D eigenvalue weighted by atomic mass is 10.1. The number of benzene rings is 2. The molecule has 5 heteroatoms. The first-order valence-corrected chi connectivity index (χ1v) is 6.54. The predicted molar refractivity (Wildman–Crippen MR) is 81.7 cm³/mol. The van der Waals surface area contributed by atoms with Crippen molar-refractivity contribution in [2.45, 2.75) is 0 Å². The van der Waals surface area contributed by atoms with E-state index in [2.05, 4.69) is 17.2 Å². The quantitative estimate of drug-likeness (QED) is 0.838. The number of rotatable bonds is 2. The highest BCUT2D eigenvalue weighted by molar-refractivity contribution is 6.31. The lowest BCUT2D eigenvalue weighted by Gasteiger charge is -2.07. The molecule has 2 rings (SSSR count). The number of carbonyl (C=O) groups excluding carboxylic acids is 1. The first kappa shape index (κ1) is 15.0. The molecule has 0 aromatic heterocycles. The zero-order chi connectivity index (χ0) is 15.2. The predicted octanol–water partition coefficient (Wildman–Crippen LogP) is 3.04. The number of carbonyl (C=O) groups is 1. The summed E-state index contributed by atoms with van der Waals surface area (Å²) in [5.41, 5.74) is 6.31. The van der Waals surface area contributed by atoms with Gasteiger partial charge in [0.2, 0.25) is 0 Å². The van der Waals surface area contributed by atoms with Crippen molar-refractivity contribution < 1.29 is 9.18 Å². The number of nitrogens with two attached hydrogens (primary N) is 1. The summed E-state index contributed by atoms with van der Waals surface area (Å²) in [5.74, 6) is 4.38. The van der Waals surface area contributed by atoms with Crippen molar-refractivity contribution in [1.82, 2.24) is 0 Å². The third-order valence-electron chi connectivity index (χ3n) is 2.67. The standard InChI is InChI=1S/C16H12ClFN2O/c17-14-8-7-12(10-11(14)4-3-9-19)20-16(21)13-5-1-2-6-15(13)18/h1-2,5-8,10H,9,19H2,(H,20,21). The fraction of sp³-hybridized carbons (Fsp3) is 0.0625. The molecule has 0 saturated carbocycles. The second-order valence-electron chi connectivity index (χ2n) is 4.13. The van der Waals surface area contributed by atoms with Gasteiger partial charge in [0.05, 0.1) is 17.1 Å². The van der Waals surface area contributed by atoms with Gasteiger partial charge in [0.25, 0.3) is 5.91 Å². The van der Waals surface area contributed by atoms with Gasteiger partial charge in [-0.25, -0.2) is 4.39 Å². The maximum absolute atomic E-state index is 13.5. The van der Waals surface area contributed by atoms with E-state index in [0.29, 0.717) is 16.3 Å². The van der Waals surface area contributed by atoms with Crippen LogP contribution < -0.4 is 11.1 Å². The van der Waals surface area contributed by atoms with E-state index in [-0.39, 0.29) is 12.1 Å². The molecule has 21 heavy (non-hydrogen) atoms. The van der Waals surface area contributed by atoms with Gasteiger partial charge in [0.1, 0.15) is 5.82 Å². The number of hydrogen-bond donors (Lipinski definition) is 2. The van der Waals surface area contributed by atoms with Crippen molar-refractivity contribution in [1.29, 1.82) is 0 Å². The molecule has 106 valence electrons. The van der Waals surface area contributed by atoms with Crippen molar-refractivity contribution >= 4 is 23.2 Å². The number of amides is 1. The van der Waals surface area contributed by atoms with Gasteiger partial charge in [-0.1, -0.05) is 35.6 Å². The second-order valence-corrected chi connectivity index (χ2v) is 4.54.